The molecule has 7 heteroatoms. The van der Waals surface area contributed by atoms with Crippen molar-refractivity contribution in [2.75, 3.05) is 0 Å². The summed E-state index contributed by atoms with van der Waals surface area (Å²) in [7, 11) is -0.519. The minimum Gasteiger partial charge on any atom is -0.399 e. The molecule has 1 saturated carbocycles. The van der Waals surface area contributed by atoms with E-state index in [1.807, 2.05) is 39.8 Å². The highest BCUT2D eigenvalue weighted by molar-refractivity contribution is 6.62. The van der Waals surface area contributed by atoms with Crippen molar-refractivity contribution in [2.24, 2.45) is 5.73 Å². The third kappa shape index (κ3) is 3.30. The summed E-state index contributed by atoms with van der Waals surface area (Å²) in [4.78, 5) is 12.2. The molecule has 27 heavy (non-hydrogen) atoms. The molecule has 2 aromatic rings. The lowest BCUT2D eigenvalue weighted by Gasteiger charge is -2.32. The van der Waals surface area contributed by atoms with Crippen molar-refractivity contribution in [3.63, 3.8) is 0 Å². The molecule has 0 radical (unpaired) electrons. The molecule has 2 N–H and O–H groups in total. The summed E-state index contributed by atoms with van der Waals surface area (Å²) in [6.45, 7) is 8.02. The molecule has 142 valence electrons. The van der Waals surface area contributed by atoms with Crippen LogP contribution in [0.4, 0.5) is 0 Å². The molecular formula is C20H26BN3O3. The molecule has 2 fully saturated rings. The van der Waals surface area contributed by atoms with Gasteiger partial charge in [0.15, 0.2) is 6.04 Å². The number of nitrogens with two attached hydrogens (primary N) is 1. The second-order valence-electron chi connectivity index (χ2n) is 8.59. The minimum absolute atomic E-state index is 0.429. The zero-order valence-electron chi connectivity index (χ0n) is 16.3. The van der Waals surface area contributed by atoms with E-state index in [1.54, 1.807) is 17.1 Å². The second-order valence-corrected chi connectivity index (χ2v) is 8.59. The first kappa shape index (κ1) is 18.3. The first-order chi connectivity index (χ1) is 12.7. The molecule has 1 aromatic heterocycles. The molecule has 1 unspecified atom stereocenters. The van der Waals surface area contributed by atoms with Crippen molar-refractivity contribution in [3.8, 4) is 0 Å². The quantitative estimate of drug-likeness (QED) is 0.822. The van der Waals surface area contributed by atoms with E-state index in [9.17, 15) is 4.79 Å². The number of rotatable bonds is 5. The van der Waals surface area contributed by atoms with Crippen molar-refractivity contribution in [3.05, 3.63) is 47.8 Å². The fourth-order valence-corrected chi connectivity index (χ4v) is 3.41. The van der Waals surface area contributed by atoms with Gasteiger partial charge in [0.25, 0.3) is 0 Å². The van der Waals surface area contributed by atoms with Gasteiger partial charge in [-0.1, -0.05) is 24.3 Å². The third-order valence-corrected chi connectivity index (χ3v) is 5.98. The van der Waals surface area contributed by atoms with Gasteiger partial charge < -0.3 is 15.0 Å². The number of nitrogens with zero attached hydrogens (tertiary/aromatic N) is 2. The van der Waals surface area contributed by atoms with Crippen molar-refractivity contribution >= 4 is 18.5 Å². The second kappa shape index (κ2) is 6.21. The lowest BCUT2D eigenvalue weighted by atomic mass is 9.82. The molecule has 1 saturated heterocycles. The fraction of sp³-hybridized carbons (Fsp3) is 0.500. The zero-order valence-corrected chi connectivity index (χ0v) is 16.3. The van der Waals surface area contributed by atoms with Gasteiger partial charge in [0.2, 0.25) is 5.91 Å². The fourth-order valence-electron chi connectivity index (χ4n) is 3.41. The highest BCUT2D eigenvalue weighted by Gasteiger charge is 2.52. The molecule has 1 aliphatic carbocycles. The smallest absolute Gasteiger partial charge is 0.399 e. The van der Waals surface area contributed by atoms with Gasteiger partial charge in [0.1, 0.15) is 0 Å². The maximum absolute atomic E-state index is 12.2. The van der Waals surface area contributed by atoms with Gasteiger partial charge in [0.05, 0.1) is 11.2 Å². The van der Waals surface area contributed by atoms with Gasteiger partial charge in [-0.05, 0) is 57.6 Å². The molecule has 6 nitrogen and oxygen atoms in total. The number of hydrogen-bond donors (Lipinski definition) is 1. The van der Waals surface area contributed by atoms with E-state index in [0.29, 0.717) is 5.92 Å². The lowest BCUT2D eigenvalue weighted by molar-refractivity contribution is -0.120. The van der Waals surface area contributed by atoms with Crippen LogP contribution in [-0.4, -0.2) is 34.0 Å². The van der Waals surface area contributed by atoms with Gasteiger partial charge >= 0.3 is 7.12 Å². The van der Waals surface area contributed by atoms with E-state index in [2.05, 4.69) is 17.2 Å². The SMILES string of the molecule is CC1(C)OB(c2cnn(C(C(N)=O)c3ccc(C4CC4)cc3)c2)OC1(C)C. The van der Waals surface area contributed by atoms with Crippen molar-refractivity contribution in [1.29, 1.82) is 0 Å². The van der Waals surface area contributed by atoms with Crippen LogP contribution in [0.5, 0.6) is 0 Å². The Balaban J connectivity index is 1.59. The number of benzene rings is 1. The van der Waals surface area contributed by atoms with Crippen LogP contribution in [0.3, 0.4) is 0 Å². The summed E-state index contributed by atoms with van der Waals surface area (Å²) >= 11 is 0. The van der Waals surface area contributed by atoms with Crippen LogP contribution in [0.15, 0.2) is 36.7 Å². The molecule has 1 amide bonds. The van der Waals surface area contributed by atoms with E-state index >= 15 is 0 Å². The number of hydrogen-bond acceptors (Lipinski definition) is 4. The predicted octanol–water partition coefficient (Wildman–Crippen LogP) is 2.13. The number of primary amides is 1. The Kier molecular flexibility index (Phi) is 4.20. The van der Waals surface area contributed by atoms with E-state index in [4.69, 9.17) is 15.0 Å². The molecular weight excluding hydrogens is 341 g/mol. The average Bonchev–Trinajstić information content (AvgIpc) is 3.27. The van der Waals surface area contributed by atoms with Crippen LogP contribution in [0.2, 0.25) is 0 Å². The molecule has 2 heterocycles. The Hall–Kier alpha value is -2.12. The van der Waals surface area contributed by atoms with Crippen LogP contribution in [0.1, 0.15) is 63.6 Å². The highest BCUT2D eigenvalue weighted by atomic mass is 16.7. The Morgan fingerprint density at radius 1 is 1.19 bits per heavy atom. The van der Waals surface area contributed by atoms with Crippen LogP contribution in [0, 0.1) is 0 Å². The van der Waals surface area contributed by atoms with Crippen molar-refractivity contribution in [2.45, 2.75) is 63.7 Å². The van der Waals surface area contributed by atoms with Gasteiger partial charge in [-0.25, -0.2) is 0 Å². The van der Waals surface area contributed by atoms with Gasteiger partial charge in [-0.2, -0.15) is 5.10 Å². The van der Waals surface area contributed by atoms with Gasteiger partial charge in [-0.15, -0.1) is 0 Å². The van der Waals surface area contributed by atoms with Gasteiger partial charge in [0, 0.05) is 17.9 Å². The summed E-state index contributed by atoms with van der Waals surface area (Å²) in [5.41, 5.74) is 7.76. The first-order valence-electron chi connectivity index (χ1n) is 9.47. The number of carbonyl (C=O) groups excluding carboxylic acids is 1. The topological polar surface area (TPSA) is 79.4 Å². The number of aromatic nitrogens is 2. The molecule has 0 bridgehead atoms. The highest BCUT2D eigenvalue weighted by Crippen LogP contribution is 2.40. The monoisotopic (exact) mass is 367 g/mol. The largest absolute Gasteiger partial charge is 0.498 e. The zero-order chi connectivity index (χ0) is 19.4. The van der Waals surface area contributed by atoms with Gasteiger partial charge in [-0.3, -0.25) is 9.48 Å². The van der Waals surface area contributed by atoms with Crippen molar-refractivity contribution in [1.82, 2.24) is 9.78 Å². The molecule has 4 rings (SSSR count). The standard InChI is InChI=1S/C20H26BN3O3/c1-19(2)20(3,4)27-21(26-19)16-11-23-24(12-16)17(18(22)25)15-9-7-14(8-10-15)13-5-6-13/h7-13,17H,5-6H2,1-4H3,(H2,22,25). The van der Waals surface area contributed by atoms with Crippen LogP contribution >= 0.6 is 0 Å². The Labute approximate surface area is 160 Å². The van der Waals surface area contributed by atoms with Crippen molar-refractivity contribution < 1.29 is 14.1 Å². The van der Waals surface area contributed by atoms with Crippen LogP contribution in [-0.2, 0) is 14.1 Å². The molecule has 1 atom stereocenters. The summed E-state index contributed by atoms with van der Waals surface area (Å²) in [6.07, 6.45) is 5.95. The predicted molar refractivity (Wildman–Crippen MR) is 104 cm³/mol. The molecule has 0 spiro atoms. The summed E-state index contributed by atoms with van der Waals surface area (Å²) in [5.74, 6) is 0.225. The molecule has 1 aromatic carbocycles. The first-order valence-corrected chi connectivity index (χ1v) is 9.47. The molecule has 2 aliphatic rings. The normalized spacial score (nSPS) is 22.0. The van der Waals surface area contributed by atoms with E-state index in [-0.39, 0.29) is 0 Å². The maximum atomic E-state index is 12.2. The van der Waals surface area contributed by atoms with E-state index < -0.39 is 30.3 Å². The van der Waals surface area contributed by atoms with Crippen LogP contribution < -0.4 is 11.2 Å². The summed E-state index contributed by atoms with van der Waals surface area (Å²) < 4.78 is 13.7. The molecule has 1 aliphatic heterocycles. The third-order valence-electron chi connectivity index (χ3n) is 5.98. The average molecular weight is 367 g/mol. The minimum atomic E-state index is -0.658. The number of amides is 1. The number of carbonyl (C=O) groups is 1. The summed E-state index contributed by atoms with van der Waals surface area (Å²) in [5, 5.41) is 4.38. The maximum Gasteiger partial charge on any atom is 0.498 e. The van der Waals surface area contributed by atoms with E-state index in [0.717, 1.165) is 11.0 Å². The summed E-state index contributed by atoms with van der Waals surface area (Å²) in [6, 6.07) is 7.45. The Morgan fingerprint density at radius 3 is 2.30 bits per heavy atom. The van der Waals surface area contributed by atoms with Crippen LogP contribution in [0.25, 0.3) is 0 Å². The lowest BCUT2D eigenvalue weighted by Crippen LogP contribution is -2.41. The Morgan fingerprint density at radius 2 is 1.78 bits per heavy atom. The Bertz CT molecular complexity index is 840. The van der Waals surface area contributed by atoms with E-state index in [1.165, 1.54) is 18.4 Å².